The number of aryl methyl sites for hydroxylation is 1. The van der Waals surface area contributed by atoms with E-state index in [1.54, 1.807) is 12.1 Å². The molecule has 1 atom stereocenters. The molecule has 1 heterocycles. The Morgan fingerprint density at radius 3 is 2.88 bits per heavy atom. The Morgan fingerprint density at radius 2 is 2.00 bits per heavy atom. The second-order valence-electron chi connectivity index (χ2n) is 5.97. The lowest BCUT2D eigenvalue weighted by atomic mass is 10.1. The fourth-order valence-corrected chi connectivity index (χ4v) is 3.29. The fraction of sp³-hybridized carbons (Fsp3) is 0.158. The number of benzene rings is 2. The van der Waals surface area contributed by atoms with E-state index in [0.717, 1.165) is 29.6 Å². The van der Waals surface area contributed by atoms with Crippen LogP contribution in [-0.2, 0) is 6.42 Å². The maximum Gasteiger partial charge on any atom is 0.409 e. The van der Waals surface area contributed by atoms with Crippen molar-refractivity contribution in [3.8, 4) is 0 Å². The molecular weight excluding hydrogens is 302 g/mol. The first-order valence-electron chi connectivity index (χ1n) is 7.94. The van der Waals surface area contributed by atoms with E-state index in [1.165, 1.54) is 11.1 Å². The molecule has 3 N–H and O–H groups in total. The maximum absolute atomic E-state index is 10.7. The Balaban J connectivity index is 1.58. The molecule has 120 valence electrons. The van der Waals surface area contributed by atoms with Crippen LogP contribution in [0, 0.1) is 0 Å². The van der Waals surface area contributed by atoms with Crippen LogP contribution in [0.1, 0.15) is 23.6 Å². The van der Waals surface area contributed by atoms with E-state index in [2.05, 4.69) is 39.9 Å². The van der Waals surface area contributed by atoms with Crippen LogP contribution in [0.2, 0.25) is 0 Å². The molecule has 24 heavy (non-hydrogen) atoms. The lowest BCUT2D eigenvalue weighted by Gasteiger charge is -2.15. The van der Waals surface area contributed by atoms with Gasteiger partial charge in [-0.3, -0.25) is 5.32 Å². The summed E-state index contributed by atoms with van der Waals surface area (Å²) in [5.41, 5.74) is 4.13. The Morgan fingerprint density at radius 1 is 1.12 bits per heavy atom. The van der Waals surface area contributed by atoms with Crippen molar-refractivity contribution in [2.24, 2.45) is 0 Å². The molecule has 1 aromatic heterocycles. The van der Waals surface area contributed by atoms with Gasteiger partial charge in [-0.1, -0.05) is 24.3 Å². The van der Waals surface area contributed by atoms with Crippen LogP contribution < -0.4 is 10.6 Å². The number of fused-ring (bicyclic) bond motifs is 2. The monoisotopic (exact) mass is 319 g/mol. The van der Waals surface area contributed by atoms with Crippen molar-refractivity contribution in [3.05, 3.63) is 65.7 Å². The largest absolute Gasteiger partial charge is 0.465 e. The second-order valence-corrected chi connectivity index (χ2v) is 5.97. The van der Waals surface area contributed by atoms with Crippen molar-refractivity contribution in [1.82, 2.24) is 4.98 Å². The molecule has 5 nitrogen and oxygen atoms in total. The smallest absolute Gasteiger partial charge is 0.409 e. The summed E-state index contributed by atoms with van der Waals surface area (Å²) in [5.74, 6) is 0.836. The summed E-state index contributed by atoms with van der Waals surface area (Å²) in [5, 5.41) is 15.6. The van der Waals surface area contributed by atoms with Crippen molar-refractivity contribution < 1.29 is 9.90 Å². The molecule has 0 radical (unpaired) electrons. The molecule has 3 aromatic rings. The summed E-state index contributed by atoms with van der Waals surface area (Å²) in [6.45, 7) is 0. The average molecular weight is 319 g/mol. The van der Waals surface area contributed by atoms with E-state index >= 15 is 0 Å². The zero-order valence-corrected chi connectivity index (χ0v) is 13.0. The van der Waals surface area contributed by atoms with Gasteiger partial charge in [0.15, 0.2) is 0 Å². The molecule has 1 aliphatic rings. The minimum Gasteiger partial charge on any atom is -0.465 e. The quantitative estimate of drug-likeness (QED) is 0.668. The lowest BCUT2D eigenvalue weighted by Crippen LogP contribution is -2.08. The number of hydrogen-bond donors (Lipinski definition) is 3. The topological polar surface area (TPSA) is 74.2 Å². The van der Waals surface area contributed by atoms with Crippen molar-refractivity contribution in [2.45, 2.75) is 18.9 Å². The minimum absolute atomic E-state index is 0.291. The van der Waals surface area contributed by atoms with Crippen molar-refractivity contribution >= 4 is 28.5 Å². The van der Waals surface area contributed by atoms with Crippen LogP contribution in [0.3, 0.4) is 0 Å². The van der Waals surface area contributed by atoms with Gasteiger partial charge in [0.05, 0.1) is 11.6 Å². The first kappa shape index (κ1) is 14.5. The minimum atomic E-state index is -1.07. The molecule has 2 aromatic carbocycles. The van der Waals surface area contributed by atoms with E-state index in [9.17, 15) is 4.79 Å². The second kappa shape index (κ2) is 5.85. The van der Waals surface area contributed by atoms with Crippen LogP contribution in [0.25, 0.3) is 10.9 Å². The third-order valence-corrected chi connectivity index (χ3v) is 4.40. The van der Waals surface area contributed by atoms with Crippen molar-refractivity contribution in [3.63, 3.8) is 0 Å². The SMILES string of the molecule is O=C(O)Nc1ccc2nc(NC3CCc4ccccc43)ccc2c1. The molecule has 1 unspecified atom stereocenters. The van der Waals surface area contributed by atoms with E-state index in [-0.39, 0.29) is 0 Å². The fourth-order valence-electron chi connectivity index (χ4n) is 3.29. The van der Waals surface area contributed by atoms with Crippen molar-refractivity contribution in [2.75, 3.05) is 10.6 Å². The van der Waals surface area contributed by atoms with Gasteiger partial charge in [-0.25, -0.2) is 9.78 Å². The summed E-state index contributed by atoms with van der Waals surface area (Å²) in [6, 6.07) is 18.0. The third-order valence-electron chi connectivity index (χ3n) is 4.40. The third kappa shape index (κ3) is 2.76. The van der Waals surface area contributed by atoms with Gasteiger partial charge in [0.1, 0.15) is 5.82 Å². The normalized spacial score (nSPS) is 15.9. The van der Waals surface area contributed by atoms with Crippen LogP contribution in [0.5, 0.6) is 0 Å². The number of hydrogen-bond acceptors (Lipinski definition) is 3. The molecule has 4 rings (SSSR count). The highest BCUT2D eigenvalue weighted by atomic mass is 16.4. The molecule has 0 bridgehead atoms. The predicted molar refractivity (Wildman–Crippen MR) is 94.5 cm³/mol. The zero-order chi connectivity index (χ0) is 16.5. The van der Waals surface area contributed by atoms with Crippen LogP contribution >= 0.6 is 0 Å². The van der Waals surface area contributed by atoms with Gasteiger partial charge in [0.2, 0.25) is 0 Å². The van der Waals surface area contributed by atoms with Crippen LogP contribution in [-0.4, -0.2) is 16.2 Å². The highest BCUT2D eigenvalue weighted by Gasteiger charge is 2.21. The standard InChI is InChI=1S/C19H17N3O2/c23-19(24)20-14-7-9-16-13(11-14)6-10-18(21-16)22-17-8-5-12-3-1-2-4-15(12)17/h1-4,6-7,9-11,17,20H,5,8H2,(H,21,22)(H,23,24). The number of nitrogens with one attached hydrogen (secondary N) is 2. The first-order chi connectivity index (χ1) is 11.7. The molecule has 5 heteroatoms. The lowest BCUT2D eigenvalue weighted by molar-refractivity contribution is 0.210. The number of pyridine rings is 1. The Bertz CT molecular complexity index is 923. The molecule has 1 aliphatic carbocycles. The molecular formula is C19H17N3O2. The number of carboxylic acid groups (broad SMARTS) is 1. The molecule has 0 aliphatic heterocycles. The average Bonchev–Trinajstić information content (AvgIpc) is 2.98. The first-order valence-corrected chi connectivity index (χ1v) is 7.94. The highest BCUT2D eigenvalue weighted by Crippen LogP contribution is 2.33. The summed E-state index contributed by atoms with van der Waals surface area (Å²) < 4.78 is 0. The van der Waals surface area contributed by atoms with Gasteiger partial charge in [-0.05, 0) is 54.3 Å². The highest BCUT2D eigenvalue weighted by molar-refractivity contribution is 5.89. The van der Waals surface area contributed by atoms with E-state index in [0.29, 0.717) is 11.7 Å². The van der Waals surface area contributed by atoms with Gasteiger partial charge in [-0.15, -0.1) is 0 Å². The predicted octanol–water partition coefficient (Wildman–Crippen LogP) is 4.42. The summed E-state index contributed by atoms with van der Waals surface area (Å²) in [7, 11) is 0. The Hall–Kier alpha value is -3.08. The molecule has 1 amide bonds. The Labute approximate surface area is 139 Å². The number of nitrogens with zero attached hydrogens (tertiary/aromatic N) is 1. The van der Waals surface area contributed by atoms with E-state index < -0.39 is 6.09 Å². The Kier molecular flexibility index (Phi) is 3.54. The number of amides is 1. The van der Waals surface area contributed by atoms with E-state index in [1.807, 2.05) is 18.2 Å². The van der Waals surface area contributed by atoms with Gasteiger partial charge in [0.25, 0.3) is 0 Å². The van der Waals surface area contributed by atoms with Gasteiger partial charge in [0, 0.05) is 11.1 Å². The maximum atomic E-state index is 10.7. The van der Waals surface area contributed by atoms with Crippen LogP contribution in [0.15, 0.2) is 54.6 Å². The summed E-state index contributed by atoms with van der Waals surface area (Å²) in [6.07, 6.45) is 1.09. The molecule has 0 saturated heterocycles. The number of carbonyl (C=O) groups is 1. The number of rotatable bonds is 3. The summed E-state index contributed by atoms with van der Waals surface area (Å²) >= 11 is 0. The van der Waals surface area contributed by atoms with Gasteiger partial charge < -0.3 is 10.4 Å². The molecule has 0 saturated carbocycles. The van der Waals surface area contributed by atoms with Crippen molar-refractivity contribution in [1.29, 1.82) is 0 Å². The molecule has 0 fully saturated rings. The zero-order valence-electron chi connectivity index (χ0n) is 13.0. The van der Waals surface area contributed by atoms with Gasteiger partial charge >= 0.3 is 6.09 Å². The molecule has 0 spiro atoms. The van der Waals surface area contributed by atoms with Crippen LogP contribution in [0.4, 0.5) is 16.3 Å². The number of aromatic nitrogens is 1. The number of anilines is 2. The van der Waals surface area contributed by atoms with E-state index in [4.69, 9.17) is 5.11 Å². The summed E-state index contributed by atoms with van der Waals surface area (Å²) in [4.78, 5) is 15.4. The van der Waals surface area contributed by atoms with Gasteiger partial charge in [-0.2, -0.15) is 0 Å².